The van der Waals surface area contributed by atoms with Gasteiger partial charge in [0.15, 0.2) is 6.29 Å². The molecule has 1 fully saturated rings. The fraction of sp³-hybridized carbons (Fsp3) is 0.273. The molecule has 0 atom stereocenters. The van der Waals surface area contributed by atoms with E-state index in [1.807, 2.05) is 24.4 Å². The highest BCUT2D eigenvalue weighted by atomic mass is 16.1. The molecular weight excluding hydrogens is 176 g/mol. The fourth-order valence-electron chi connectivity index (χ4n) is 1.82. The second kappa shape index (κ2) is 2.67. The average molecular weight is 186 g/mol. The van der Waals surface area contributed by atoms with E-state index in [4.69, 9.17) is 0 Å². The summed E-state index contributed by atoms with van der Waals surface area (Å²) in [6.45, 7) is 0. The van der Waals surface area contributed by atoms with Crippen molar-refractivity contribution >= 4 is 11.8 Å². The number of hydrogen-bond acceptors (Lipinski definition) is 2. The van der Waals surface area contributed by atoms with Gasteiger partial charge in [-0.3, -0.25) is 4.79 Å². The zero-order chi connectivity index (χ0) is 9.54. The van der Waals surface area contributed by atoms with Crippen LogP contribution in [0.2, 0.25) is 0 Å². The summed E-state index contributed by atoms with van der Waals surface area (Å²) in [5, 5.41) is 4.43. The van der Waals surface area contributed by atoms with Gasteiger partial charge in [-0.25, -0.2) is 4.52 Å². The third kappa shape index (κ3) is 0.985. The lowest BCUT2D eigenvalue weighted by Gasteiger charge is -1.89. The van der Waals surface area contributed by atoms with Crippen LogP contribution in [0.4, 0.5) is 0 Å². The first-order chi connectivity index (χ1) is 6.90. The summed E-state index contributed by atoms with van der Waals surface area (Å²) in [7, 11) is 0. The quantitative estimate of drug-likeness (QED) is 0.672. The Hall–Kier alpha value is -1.64. The Balaban J connectivity index is 2.33. The molecule has 14 heavy (non-hydrogen) atoms. The van der Waals surface area contributed by atoms with Gasteiger partial charge in [0.2, 0.25) is 0 Å². The van der Waals surface area contributed by atoms with Crippen molar-refractivity contribution in [3.8, 4) is 0 Å². The normalized spacial score (nSPS) is 16.0. The highest BCUT2D eigenvalue weighted by Crippen LogP contribution is 2.41. The fourth-order valence-corrected chi connectivity index (χ4v) is 1.82. The van der Waals surface area contributed by atoms with Crippen LogP contribution >= 0.6 is 0 Å². The lowest BCUT2D eigenvalue weighted by atomic mass is 10.1. The van der Waals surface area contributed by atoms with E-state index in [1.165, 1.54) is 12.8 Å². The summed E-state index contributed by atoms with van der Waals surface area (Å²) in [5.41, 5.74) is 2.67. The van der Waals surface area contributed by atoms with E-state index in [9.17, 15) is 4.79 Å². The van der Waals surface area contributed by atoms with Crippen molar-refractivity contribution in [1.29, 1.82) is 0 Å². The van der Waals surface area contributed by atoms with E-state index in [2.05, 4.69) is 5.10 Å². The van der Waals surface area contributed by atoms with Crippen molar-refractivity contribution < 1.29 is 4.79 Å². The van der Waals surface area contributed by atoms with E-state index in [1.54, 1.807) is 4.52 Å². The van der Waals surface area contributed by atoms with Gasteiger partial charge in [-0.2, -0.15) is 5.10 Å². The number of carbonyl (C=O) groups is 1. The number of fused-ring (bicyclic) bond motifs is 1. The van der Waals surface area contributed by atoms with Crippen LogP contribution in [-0.2, 0) is 0 Å². The van der Waals surface area contributed by atoms with Crippen LogP contribution in [-0.4, -0.2) is 15.9 Å². The second-order valence-electron chi connectivity index (χ2n) is 3.72. The van der Waals surface area contributed by atoms with Gasteiger partial charge < -0.3 is 0 Å². The van der Waals surface area contributed by atoms with E-state index in [-0.39, 0.29) is 0 Å². The van der Waals surface area contributed by atoms with Crippen LogP contribution in [0.5, 0.6) is 0 Å². The van der Waals surface area contributed by atoms with Gasteiger partial charge in [-0.15, -0.1) is 0 Å². The Kier molecular flexibility index (Phi) is 1.48. The van der Waals surface area contributed by atoms with E-state index in [0.717, 1.165) is 23.1 Å². The maximum atomic E-state index is 11.0. The van der Waals surface area contributed by atoms with Gasteiger partial charge >= 0.3 is 0 Å². The molecule has 70 valence electrons. The smallest absolute Gasteiger partial charge is 0.154 e. The first-order valence-electron chi connectivity index (χ1n) is 4.82. The molecule has 0 amide bonds. The van der Waals surface area contributed by atoms with Crippen molar-refractivity contribution in [2.24, 2.45) is 0 Å². The molecule has 2 heterocycles. The minimum atomic E-state index is 0.523. The molecule has 0 N–H and O–H groups in total. The lowest BCUT2D eigenvalue weighted by molar-refractivity contribution is 0.112. The Bertz CT molecular complexity index is 497. The molecule has 1 aliphatic rings. The number of nitrogens with zero attached hydrogens (tertiary/aromatic N) is 2. The highest BCUT2D eigenvalue weighted by molar-refractivity contribution is 5.88. The number of aldehydes is 1. The summed E-state index contributed by atoms with van der Waals surface area (Å²) >= 11 is 0. The maximum absolute atomic E-state index is 11.0. The largest absolute Gasteiger partial charge is 0.298 e. The predicted molar refractivity (Wildman–Crippen MR) is 52.6 cm³/mol. The van der Waals surface area contributed by atoms with Gasteiger partial charge in [0.05, 0.1) is 16.8 Å². The van der Waals surface area contributed by atoms with Gasteiger partial charge in [-0.05, 0) is 25.0 Å². The van der Waals surface area contributed by atoms with Gasteiger partial charge in [0, 0.05) is 12.1 Å². The summed E-state index contributed by atoms with van der Waals surface area (Å²) in [6, 6.07) is 5.79. The van der Waals surface area contributed by atoms with Gasteiger partial charge in [-0.1, -0.05) is 6.07 Å². The van der Waals surface area contributed by atoms with E-state index < -0.39 is 0 Å². The van der Waals surface area contributed by atoms with Gasteiger partial charge in [0.25, 0.3) is 0 Å². The SMILES string of the molecule is O=Cc1c(C2CC2)nn2ccccc12. The Morgan fingerprint density at radius 1 is 1.43 bits per heavy atom. The number of hydrogen-bond donors (Lipinski definition) is 0. The van der Waals surface area contributed by atoms with Crippen molar-refractivity contribution in [1.82, 2.24) is 9.61 Å². The molecule has 0 saturated heterocycles. The molecule has 0 spiro atoms. The van der Waals surface area contributed by atoms with E-state index >= 15 is 0 Å². The maximum Gasteiger partial charge on any atom is 0.154 e. The standard InChI is InChI=1S/C11H10N2O/c14-7-9-10-3-1-2-6-13(10)12-11(9)8-4-5-8/h1-3,6-8H,4-5H2. The number of rotatable bonds is 2. The van der Waals surface area contributed by atoms with Crippen LogP contribution in [0.25, 0.3) is 5.52 Å². The number of pyridine rings is 1. The summed E-state index contributed by atoms with van der Waals surface area (Å²) < 4.78 is 1.79. The average Bonchev–Trinajstić information content (AvgIpc) is 2.99. The summed E-state index contributed by atoms with van der Waals surface area (Å²) in [4.78, 5) is 11.0. The molecule has 2 aromatic rings. The third-order valence-corrected chi connectivity index (χ3v) is 2.69. The van der Waals surface area contributed by atoms with Gasteiger partial charge in [0.1, 0.15) is 0 Å². The topological polar surface area (TPSA) is 34.4 Å². The van der Waals surface area contributed by atoms with Crippen molar-refractivity contribution in [3.05, 3.63) is 35.7 Å². The zero-order valence-electron chi connectivity index (χ0n) is 7.68. The molecule has 1 saturated carbocycles. The van der Waals surface area contributed by atoms with Crippen LogP contribution in [0, 0.1) is 0 Å². The number of carbonyl (C=O) groups excluding carboxylic acids is 1. The molecule has 0 aromatic carbocycles. The lowest BCUT2D eigenvalue weighted by Crippen LogP contribution is -1.86. The molecule has 0 unspecified atom stereocenters. The monoisotopic (exact) mass is 186 g/mol. The molecule has 0 bridgehead atoms. The van der Waals surface area contributed by atoms with Crippen LogP contribution in [0.1, 0.15) is 34.8 Å². The van der Waals surface area contributed by atoms with Crippen LogP contribution in [0.15, 0.2) is 24.4 Å². The first-order valence-corrected chi connectivity index (χ1v) is 4.82. The van der Waals surface area contributed by atoms with Crippen molar-refractivity contribution in [3.63, 3.8) is 0 Å². The second-order valence-corrected chi connectivity index (χ2v) is 3.72. The molecule has 3 heteroatoms. The summed E-state index contributed by atoms with van der Waals surface area (Å²) in [5.74, 6) is 0.523. The predicted octanol–water partition coefficient (Wildman–Crippen LogP) is 2.02. The Labute approximate surface area is 81.4 Å². The third-order valence-electron chi connectivity index (χ3n) is 2.69. The molecule has 3 rings (SSSR count). The molecular formula is C11H10N2O. The minimum Gasteiger partial charge on any atom is -0.298 e. The van der Waals surface area contributed by atoms with Crippen molar-refractivity contribution in [2.75, 3.05) is 0 Å². The Morgan fingerprint density at radius 3 is 3.00 bits per heavy atom. The number of aromatic nitrogens is 2. The first kappa shape index (κ1) is 7.74. The molecule has 1 aliphatic carbocycles. The van der Waals surface area contributed by atoms with Crippen LogP contribution < -0.4 is 0 Å². The summed E-state index contributed by atoms with van der Waals surface area (Å²) in [6.07, 6.45) is 5.15. The molecule has 3 nitrogen and oxygen atoms in total. The molecule has 2 aromatic heterocycles. The van der Waals surface area contributed by atoms with E-state index in [0.29, 0.717) is 5.92 Å². The Morgan fingerprint density at radius 2 is 2.29 bits per heavy atom. The molecule has 0 aliphatic heterocycles. The highest BCUT2D eigenvalue weighted by Gasteiger charge is 2.29. The minimum absolute atomic E-state index is 0.523. The van der Waals surface area contributed by atoms with Crippen molar-refractivity contribution in [2.45, 2.75) is 18.8 Å². The van der Waals surface area contributed by atoms with Crippen LogP contribution in [0.3, 0.4) is 0 Å². The molecule has 0 radical (unpaired) electrons. The zero-order valence-corrected chi connectivity index (χ0v) is 7.68.